The molecule has 2 fully saturated rings. The van der Waals surface area contributed by atoms with E-state index in [4.69, 9.17) is 0 Å². The molecule has 2 unspecified atom stereocenters. The third-order valence-electron chi connectivity index (χ3n) is 4.32. The van der Waals surface area contributed by atoms with Crippen LogP contribution >= 0.6 is 0 Å². The molecule has 0 N–H and O–H groups in total. The lowest BCUT2D eigenvalue weighted by Gasteiger charge is -2.34. The summed E-state index contributed by atoms with van der Waals surface area (Å²) in [4.78, 5) is 2.65. The molecule has 0 spiro atoms. The van der Waals surface area contributed by atoms with Crippen molar-refractivity contribution in [2.45, 2.75) is 32.4 Å². The average molecular weight is 201 g/mol. The number of fused-ring (bicyclic) bond motifs is 1. The maximum Gasteiger partial charge on any atom is 0.0239 e. The lowest BCUT2D eigenvalue weighted by Crippen LogP contribution is -2.41. The van der Waals surface area contributed by atoms with Crippen LogP contribution in [0.25, 0.3) is 0 Å². The van der Waals surface area contributed by atoms with E-state index in [1.807, 2.05) is 0 Å². The number of likely N-dealkylation sites (tertiary alicyclic amines) is 1. The highest BCUT2D eigenvalue weighted by Crippen LogP contribution is 2.55. The largest absolute Gasteiger partial charge is 0.293 e. The Morgan fingerprint density at radius 1 is 1.27 bits per heavy atom. The van der Waals surface area contributed by atoms with Crippen LogP contribution in [0, 0.1) is 11.8 Å². The molecule has 1 aliphatic carbocycles. The second-order valence-electron chi connectivity index (χ2n) is 5.62. The number of piperidine rings is 1. The van der Waals surface area contributed by atoms with Gasteiger partial charge >= 0.3 is 0 Å². The Morgan fingerprint density at radius 3 is 2.60 bits per heavy atom. The van der Waals surface area contributed by atoms with E-state index in [1.165, 1.54) is 18.5 Å². The van der Waals surface area contributed by atoms with Crippen LogP contribution in [0.5, 0.6) is 0 Å². The Hall–Kier alpha value is -0.820. The molecule has 1 heteroatoms. The summed E-state index contributed by atoms with van der Waals surface area (Å²) in [6.45, 7) is 7.26. The lowest BCUT2D eigenvalue weighted by molar-refractivity contribution is 0.132. The number of hydrogen-bond acceptors (Lipinski definition) is 1. The molecular formula is C14H19N. The zero-order valence-corrected chi connectivity index (χ0v) is 9.61. The molecule has 2 aliphatic rings. The molecule has 1 saturated heterocycles. The molecule has 0 aromatic heterocycles. The van der Waals surface area contributed by atoms with Gasteiger partial charge in [-0.15, -0.1) is 0 Å². The quantitative estimate of drug-likeness (QED) is 0.711. The highest BCUT2D eigenvalue weighted by molar-refractivity contribution is 5.17. The zero-order valence-electron chi connectivity index (χ0n) is 9.61. The molecule has 1 aromatic rings. The van der Waals surface area contributed by atoms with Gasteiger partial charge in [0.25, 0.3) is 0 Å². The molecule has 3 rings (SSSR count). The molecule has 0 radical (unpaired) electrons. The van der Waals surface area contributed by atoms with Crippen LogP contribution < -0.4 is 0 Å². The van der Waals surface area contributed by atoms with Crippen molar-refractivity contribution in [3.63, 3.8) is 0 Å². The molecule has 1 aromatic carbocycles. The van der Waals surface area contributed by atoms with E-state index in [2.05, 4.69) is 49.1 Å². The van der Waals surface area contributed by atoms with Crippen molar-refractivity contribution in [3.8, 4) is 0 Å². The lowest BCUT2D eigenvalue weighted by atomic mass is 9.98. The number of hydrogen-bond donors (Lipinski definition) is 0. The van der Waals surface area contributed by atoms with Crippen LogP contribution in [0.2, 0.25) is 0 Å². The van der Waals surface area contributed by atoms with Crippen molar-refractivity contribution in [1.29, 1.82) is 0 Å². The summed E-state index contributed by atoms with van der Waals surface area (Å²) >= 11 is 0. The molecule has 80 valence electrons. The van der Waals surface area contributed by atoms with Gasteiger partial charge in [-0.3, -0.25) is 4.90 Å². The van der Waals surface area contributed by atoms with E-state index in [0.29, 0.717) is 5.54 Å². The molecule has 1 heterocycles. The van der Waals surface area contributed by atoms with E-state index in [9.17, 15) is 0 Å². The van der Waals surface area contributed by atoms with Crippen molar-refractivity contribution >= 4 is 0 Å². The summed E-state index contributed by atoms with van der Waals surface area (Å²) in [5.41, 5.74) is 1.88. The maximum atomic E-state index is 2.65. The van der Waals surface area contributed by atoms with Gasteiger partial charge in [0, 0.05) is 18.6 Å². The molecule has 1 nitrogen and oxygen atoms in total. The molecule has 0 amide bonds. The van der Waals surface area contributed by atoms with Crippen molar-refractivity contribution in [2.24, 2.45) is 11.8 Å². The molecule has 15 heavy (non-hydrogen) atoms. The molecular weight excluding hydrogens is 182 g/mol. The van der Waals surface area contributed by atoms with Crippen molar-refractivity contribution in [2.75, 3.05) is 6.54 Å². The monoisotopic (exact) mass is 201 g/mol. The summed E-state index contributed by atoms with van der Waals surface area (Å²) in [5, 5.41) is 0. The number of nitrogens with zero attached hydrogens (tertiary/aromatic N) is 1. The smallest absolute Gasteiger partial charge is 0.0239 e. The third-order valence-corrected chi connectivity index (χ3v) is 4.32. The Kier molecular flexibility index (Phi) is 1.93. The first kappa shape index (κ1) is 9.41. The summed E-state index contributed by atoms with van der Waals surface area (Å²) in [7, 11) is 0. The van der Waals surface area contributed by atoms with E-state index in [0.717, 1.165) is 18.4 Å². The Bertz CT molecular complexity index is 355. The first-order chi connectivity index (χ1) is 7.18. The van der Waals surface area contributed by atoms with Crippen molar-refractivity contribution in [1.82, 2.24) is 4.90 Å². The molecule has 1 saturated carbocycles. The highest BCUT2D eigenvalue weighted by Gasteiger charge is 2.56. The third kappa shape index (κ3) is 1.50. The number of rotatable bonds is 2. The minimum Gasteiger partial charge on any atom is -0.293 e. The van der Waals surface area contributed by atoms with Gasteiger partial charge in [-0.2, -0.15) is 0 Å². The Morgan fingerprint density at radius 2 is 2.00 bits per heavy atom. The van der Waals surface area contributed by atoms with Gasteiger partial charge in [0.15, 0.2) is 0 Å². The first-order valence-corrected chi connectivity index (χ1v) is 5.97. The van der Waals surface area contributed by atoms with Gasteiger partial charge in [0.05, 0.1) is 0 Å². The van der Waals surface area contributed by atoms with Crippen LogP contribution in [0.15, 0.2) is 30.3 Å². The van der Waals surface area contributed by atoms with Crippen LogP contribution in [-0.2, 0) is 6.54 Å². The predicted octanol–water partition coefficient (Wildman–Crippen LogP) is 2.92. The minimum atomic E-state index is 0.431. The highest BCUT2D eigenvalue weighted by atomic mass is 15.2. The topological polar surface area (TPSA) is 3.24 Å². The maximum absolute atomic E-state index is 2.65. The summed E-state index contributed by atoms with van der Waals surface area (Å²) < 4.78 is 0. The van der Waals surface area contributed by atoms with Gasteiger partial charge in [-0.1, -0.05) is 30.3 Å². The Balaban J connectivity index is 1.75. The summed E-state index contributed by atoms with van der Waals surface area (Å²) in [6, 6.07) is 10.8. The fourth-order valence-corrected chi connectivity index (χ4v) is 3.14. The fourth-order valence-electron chi connectivity index (χ4n) is 3.14. The van der Waals surface area contributed by atoms with E-state index < -0.39 is 0 Å². The van der Waals surface area contributed by atoms with Crippen LogP contribution in [-0.4, -0.2) is 17.0 Å². The molecule has 0 bridgehead atoms. The predicted molar refractivity (Wildman–Crippen MR) is 62.5 cm³/mol. The normalized spacial score (nSPS) is 32.7. The molecule has 2 atom stereocenters. The van der Waals surface area contributed by atoms with Crippen LogP contribution in [0.3, 0.4) is 0 Å². The zero-order chi connectivity index (χ0) is 10.5. The van der Waals surface area contributed by atoms with E-state index in [1.54, 1.807) is 0 Å². The van der Waals surface area contributed by atoms with Gasteiger partial charge in [0.2, 0.25) is 0 Å². The van der Waals surface area contributed by atoms with Crippen molar-refractivity contribution < 1.29 is 0 Å². The average Bonchev–Trinajstić information content (AvgIpc) is 2.94. The van der Waals surface area contributed by atoms with E-state index in [-0.39, 0.29) is 0 Å². The van der Waals surface area contributed by atoms with Gasteiger partial charge in [0.1, 0.15) is 0 Å². The second-order valence-corrected chi connectivity index (χ2v) is 5.62. The van der Waals surface area contributed by atoms with Crippen LogP contribution in [0.4, 0.5) is 0 Å². The van der Waals surface area contributed by atoms with Gasteiger partial charge < -0.3 is 0 Å². The summed E-state index contributed by atoms with van der Waals surface area (Å²) in [6.07, 6.45) is 1.47. The number of benzene rings is 1. The van der Waals surface area contributed by atoms with Crippen LogP contribution in [0.1, 0.15) is 25.8 Å². The standard InChI is InChI=1S/C14H19N/c1-14(2)13-8-12(13)10-15(14)9-11-6-4-3-5-7-11/h3-7,12-13H,8-10H2,1-2H3. The first-order valence-electron chi connectivity index (χ1n) is 5.97. The summed E-state index contributed by atoms with van der Waals surface area (Å²) in [5.74, 6) is 1.98. The van der Waals surface area contributed by atoms with Crippen molar-refractivity contribution in [3.05, 3.63) is 35.9 Å². The van der Waals surface area contributed by atoms with Gasteiger partial charge in [-0.05, 0) is 37.7 Å². The fraction of sp³-hybridized carbons (Fsp3) is 0.571. The SMILES string of the molecule is CC1(C)C2CC2CN1Cc1ccccc1. The Labute approximate surface area is 92.1 Å². The molecule has 1 aliphatic heterocycles. The second kappa shape index (κ2) is 3.08. The van der Waals surface area contributed by atoms with Gasteiger partial charge in [-0.25, -0.2) is 0 Å². The van der Waals surface area contributed by atoms with E-state index >= 15 is 0 Å². The minimum absolute atomic E-state index is 0.431.